The maximum absolute atomic E-state index is 11.8. The van der Waals surface area contributed by atoms with Gasteiger partial charge in [0, 0.05) is 17.4 Å². The lowest BCUT2D eigenvalue weighted by Crippen LogP contribution is -2.14. The predicted molar refractivity (Wildman–Crippen MR) is 74.5 cm³/mol. The number of anilines is 1. The zero-order valence-corrected chi connectivity index (χ0v) is 10.3. The summed E-state index contributed by atoms with van der Waals surface area (Å²) in [7, 11) is 0. The van der Waals surface area contributed by atoms with Gasteiger partial charge < -0.3 is 11.1 Å². The molecule has 0 saturated heterocycles. The van der Waals surface area contributed by atoms with E-state index in [0.29, 0.717) is 16.4 Å². The van der Waals surface area contributed by atoms with Crippen LogP contribution in [0.15, 0.2) is 48.7 Å². The summed E-state index contributed by atoms with van der Waals surface area (Å²) < 4.78 is 0. The van der Waals surface area contributed by atoms with Crippen LogP contribution in [0, 0.1) is 0 Å². The van der Waals surface area contributed by atoms with Crippen LogP contribution in [-0.2, 0) is 0 Å². The van der Waals surface area contributed by atoms with E-state index in [4.69, 9.17) is 18.0 Å². The largest absolute Gasteiger partial charge is 0.389 e. The van der Waals surface area contributed by atoms with Gasteiger partial charge in [-0.1, -0.05) is 18.3 Å². The molecule has 0 atom stereocenters. The van der Waals surface area contributed by atoms with Crippen molar-refractivity contribution in [2.45, 2.75) is 0 Å². The smallest absolute Gasteiger partial charge is 0.274 e. The number of pyridine rings is 1. The fourth-order valence-electron chi connectivity index (χ4n) is 1.41. The number of hydrogen-bond acceptors (Lipinski definition) is 3. The molecule has 0 fully saturated rings. The highest BCUT2D eigenvalue weighted by Gasteiger charge is 2.06. The Bertz CT molecular complexity index is 567. The van der Waals surface area contributed by atoms with E-state index >= 15 is 0 Å². The first-order chi connectivity index (χ1) is 8.66. The Hall–Kier alpha value is -2.27. The van der Waals surface area contributed by atoms with E-state index in [2.05, 4.69) is 10.3 Å². The molecule has 0 radical (unpaired) electrons. The molecule has 1 aromatic heterocycles. The van der Waals surface area contributed by atoms with Gasteiger partial charge in [-0.05, 0) is 36.4 Å². The molecular weight excluding hydrogens is 246 g/mol. The second-order valence-electron chi connectivity index (χ2n) is 3.61. The number of carbonyl (C=O) groups excluding carboxylic acids is 1. The summed E-state index contributed by atoms with van der Waals surface area (Å²) in [5.74, 6) is -0.251. The molecule has 2 aromatic rings. The number of aromatic nitrogens is 1. The van der Waals surface area contributed by atoms with Crippen LogP contribution in [0.3, 0.4) is 0 Å². The molecule has 0 aliphatic carbocycles. The summed E-state index contributed by atoms with van der Waals surface area (Å²) in [5.41, 5.74) is 7.30. The third-order valence-electron chi connectivity index (χ3n) is 2.32. The van der Waals surface area contributed by atoms with Crippen molar-refractivity contribution >= 4 is 28.8 Å². The molecule has 0 bridgehead atoms. The number of thiocarbonyl (C=S) groups is 1. The average molecular weight is 257 g/mol. The molecule has 2 rings (SSSR count). The van der Waals surface area contributed by atoms with Crippen molar-refractivity contribution in [2.24, 2.45) is 5.73 Å². The Morgan fingerprint density at radius 2 is 1.89 bits per heavy atom. The van der Waals surface area contributed by atoms with Crippen LogP contribution in [-0.4, -0.2) is 15.9 Å². The lowest BCUT2D eigenvalue weighted by Gasteiger charge is -2.05. The number of nitrogens with one attached hydrogen (secondary N) is 1. The van der Waals surface area contributed by atoms with E-state index in [1.54, 1.807) is 48.7 Å². The molecule has 3 N–H and O–H groups in total. The first-order valence-corrected chi connectivity index (χ1v) is 5.70. The van der Waals surface area contributed by atoms with Crippen molar-refractivity contribution in [3.05, 3.63) is 59.9 Å². The van der Waals surface area contributed by atoms with E-state index < -0.39 is 0 Å². The predicted octanol–water partition coefficient (Wildman–Crippen LogP) is 1.97. The minimum atomic E-state index is -0.251. The Kier molecular flexibility index (Phi) is 3.64. The minimum Gasteiger partial charge on any atom is -0.389 e. The Balaban J connectivity index is 2.10. The Morgan fingerprint density at radius 1 is 1.17 bits per heavy atom. The summed E-state index contributed by atoms with van der Waals surface area (Å²) in [6.07, 6.45) is 1.57. The quantitative estimate of drug-likeness (QED) is 0.825. The highest BCUT2D eigenvalue weighted by atomic mass is 32.1. The van der Waals surface area contributed by atoms with Crippen molar-refractivity contribution in [2.75, 3.05) is 5.32 Å². The van der Waals surface area contributed by atoms with E-state index in [9.17, 15) is 4.79 Å². The van der Waals surface area contributed by atoms with Gasteiger partial charge in [-0.2, -0.15) is 0 Å². The molecular formula is C13H11N3OS. The third kappa shape index (κ3) is 2.89. The van der Waals surface area contributed by atoms with Gasteiger partial charge in [0.1, 0.15) is 10.7 Å². The van der Waals surface area contributed by atoms with Gasteiger partial charge in [0.25, 0.3) is 5.91 Å². The SMILES string of the molecule is NC(=S)c1ccc(NC(=O)c2ccccn2)cc1. The van der Waals surface area contributed by atoms with Crippen molar-refractivity contribution in [3.8, 4) is 0 Å². The van der Waals surface area contributed by atoms with Crippen LogP contribution < -0.4 is 11.1 Å². The molecule has 0 aliphatic heterocycles. The van der Waals surface area contributed by atoms with Gasteiger partial charge in [0.05, 0.1) is 0 Å². The number of benzene rings is 1. The van der Waals surface area contributed by atoms with Crippen LogP contribution in [0.5, 0.6) is 0 Å². The lowest BCUT2D eigenvalue weighted by atomic mass is 10.2. The summed E-state index contributed by atoms with van der Waals surface area (Å²) >= 11 is 4.85. The molecule has 0 aliphatic rings. The standard InChI is InChI=1S/C13H11N3OS/c14-12(18)9-4-6-10(7-5-9)16-13(17)11-3-1-2-8-15-11/h1-8H,(H2,14,18)(H,16,17). The van der Waals surface area contributed by atoms with Crippen molar-refractivity contribution in [3.63, 3.8) is 0 Å². The van der Waals surface area contributed by atoms with Gasteiger partial charge in [-0.3, -0.25) is 9.78 Å². The zero-order valence-electron chi connectivity index (χ0n) is 9.46. The van der Waals surface area contributed by atoms with Crippen LogP contribution >= 0.6 is 12.2 Å². The molecule has 90 valence electrons. The topological polar surface area (TPSA) is 68.0 Å². The lowest BCUT2D eigenvalue weighted by molar-refractivity contribution is 0.102. The molecule has 1 heterocycles. The number of hydrogen-bond donors (Lipinski definition) is 2. The summed E-state index contributed by atoms with van der Waals surface area (Å²) in [6, 6.07) is 12.2. The number of carbonyl (C=O) groups is 1. The van der Waals surface area contributed by atoms with E-state index in [0.717, 1.165) is 5.56 Å². The Morgan fingerprint density at radius 3 is 2.44 bits per heavy atom. The highest BCUT2D eigenvalue weighted by molar-refractivity contribution is 7.80. The minimum absolute atomic E-state index is 0.251. The maximum Gasteiger partial charge on any atom is 0.274 e. The van der Waals surface area contributed by atoms with E-state index in [1.165, 1.54) is 0 Å². The molecule has 5 heteroatoms. The highest BCUT2D eigenvalue weighted by Crippen LogP contribution is 2.10. The molecule has 0 unspecified atom stereocenters. The second kappa shape index (κ2) is 5.37. The van der Waals surface area contributed by atoms with Gasteiger partial charge in [0.15, 0.2) is 0 Å². The molecule has 1 aromatic carbocycles. The van der Waals surface area contributed by atoms with E-state index in [-0.39, 0.29) is 5.91 Å². The first-order valence-electron chi connectivity index (χ1n) is 5.29. The van der Waals surface area contributed by atoms with Gasteiger partial charge in [0.2, 0.25) is 0 Å². The van der Waals surface area contributed by atoms with Crippen molar-refractivity contribution in [1.29, 1.82) is 0 Å². The van der Waals surface area contributed by atoms with Crippen LogP contribution in [0.25, 0.3) is 0 Å². The molecule has 1 amide bonds. The molecule has 0 saturated carbocycles. The van der Waals surface area contributed by atoms with Crippen LogP contribution in [0.1, 0.15) is 16.1 Å². The first kappa shape index (κ1) is 12.2. The average Bonchev–Trinajstić information content (AvgIpc) is 2.40. The fourth-order valence-corrected chi connectivity index (χ4v) is 1.55. The number of rotatable bonds is 3. The number of nitrogens with two attached hydrogens (primary N) is 1. The van der Waals surface area contributed by atoms with Crippen molar-refractivity contribution in [1.82, 2.24) is 4.98 Å². The molecule has 4 nitrogen and oxygen atoms in total. The monoisotopic (exact) mass is 257 g/mol. The zero-order chi connectivity index (χ0) is 13.0. The summed E-state index contributed by atoms with van der Waals surface area (Å²) in [5, 5.41) is 2.74. The summed E-state index contributed by atoms with van der Waals surface area (Å²) in [6.45, 7) is 0. The summed E-state index contributed by atoms with van der Waals surface area (Å²) in [4.78, 5) is 16.1. The second-order valence-corrected chi connectivity index (χ2v) is 4.05. The molecule has 18 heavy (non-hydrogen) atoms. The third-order valence-corrected chi connectivity index (χ3v) is 2.56. The van der Waals surface area contributed by atoms with Gasteiger partial charge in [-0.25, -0.2) is 0 Å². The Labute approximate surface area is 110 Å². The normalized spacial score (nSPS) is 9.78. The fraction of sp³-hybridized carbons (Fsp3) is 0. The number of nitrogens with zero attached hydrogens (tertiary/aromatic N) is 1. The van der Waals surface area contributed by atoms with Crippen LogP contribution in [0.2, 0.25) is 0 Å². The number of amides is 1. The van der Waals surface area contributed by atoms with Gasteiger partial charge >= 0.3 is 0 Å². The molecule has 0 spiro atoms. The van der Waals surface area contributed by atoms with Crippen molar-refractivity contribution < 1.29 is 4.79 Å². The van der Waals surface area contributed by atoms with Gasteiger partial charge in [-0.15, -0.1) is 0 Å². The maximum atomic E-state index is 11.8. The van der Waals surface area contributed by atoms with E-state index in [1.807, 2.05) is 0 Å². The van der Waals surface area contributed by atoms with Crippen LogP contribution in [0.4, 0.5) is 5.69 Å².